The normalized spacial score (nSPS) is 19.0. The smallest absolute Gasteiger partial charge is 0.0950 e. The molecule has 0 bridgehead atoms. The molecule has 0 saturated carbocycles. The van der Waals surface area contributed by atoms with E-state index in [0.29, 0.717) is 0 Å². The molecule has 0 aliphatic carbocycles. The van der Waals surface area contributed by atoms with Crippen molar-refractivity contribution < 1.29 is 0 Å². The van der Waals surface area contributed by atoms with Crippen molar-refractivity contribution >= 4 is 0 Å². The molecule has 1 atom stereocenters. The molecular formula is C16H25N5. The molecule has 3 heterocycles. The van der Waals surface area contributed by atoms with E-state index in [4.69, 9.17) is 0 Å². The summed E-state index contributed by atoms with van der Waals surface area (Å²) in [5.74, 6) is 0.803. The lowest BCUT2D eigenvalue weighted by Crippen LogP contribution is -2.30. The Hall–Kier alpha value is -1.62. The molecule has 1 saturated heterocycles. The summed E-state index contributed by atoms with van der Waals surface area (Å²) < 4.78 is 4.28. The van der Waals surface area contributed by atoms with E-state index in [2.05, 4.69) is 33.1 Å². The summed E-state index contributed by atoms with van der Waals surface area (Å²) in [6.07, 6.45) is 13.0. The van der Waals surface area contributed by atoms with Crippen LogP contribution in [0, 0.1) is 5.92 Å². The molecule has 1 aliphatic rings. The number of hydrogen-bond donors (Lipinski definition) is 1. The van der Waals surface area contributed by atoms with Crippen LogP contribution >= 0.6 is 0 Å². The molecule has 1 fully saturated rings. The van der Waals surface area contributed by atoms with E-state index in [0.717, 1.165) is 25.4 Å². The van der Waals surface area contributed by atoms with Crippen molar-refractivity contribution in [3.05, 3.63) is 24.9 Å². The van der Waals surface area contributed by atoms with Gasteiger partial charge in [-0.3, -0.25) is 4.68 Å². The zero-order chi connectivity index (χ0) is 14.5. The van der Waals surface area contributed by atoms with Crippen molar-refractivity contribution in [3.8, 4) is 11.3 Å². The summed E-state index contributed by atoms with van der Waals surface area (Å²) in [7, 11) is 0. The number of imidazole rings is 1. The molecule has 0 radical (unpaired) electrons. The molecule has 5 heteroatoms. The fourth-order valence-electron chi connectivity index (χ4n) is 3.08. The van der Waals surface area contributed by atoms with Gasteiger partial charge in [0, 0.05) is 24.8 Å². The number of nitrogens with zero attached hydrogens (tertiary/aromatic N) is 4. The second-order valence-electron chi connectivity index (χ2n) is 5.97. The summed E-state index contributed by atoms with van der Waals surface area (Å²) in [6, 6.07) is 0. The summed E-state index contributed by atoms with van der Waals surface area (Å²) in [4.78, 5) is 4.33. The first-order chi connectivity index (χ1) is 10.4. The lowest BCUT2D eigenvalue weighted by atomic mass is 9.96. The highest BCUT2D eigenvalue weighted by atomic mass is 15.3. The van der Waals surface area contributed by atoms with Gasteiger partial charge in [-0.05, 0) is 44.7 Å². The quantitative estimate of drug-likeness (QED) is 0.888. The molecule has 0 aromatic carbocycles. The number of nitrogens with one attached hydrogen (secondary N) is 1. The molecule has 1 N–H and O–H groups in total. The van der Waals surface area contributed by atoms with Crippen LogP contribution in [0.4, 0.5) is 0 Å². The first-order valence-electron chi connectivity index (χ1n) is 8.10. The van der Waals surface area contributed by atoms with E-state index < -0.39 is 0 Å². The predicted molar refractivity (Wildman–Crippen MR) is 83.9 cm³/mol. The second-order valence-corrected chi connectivity index (χ2v) is 5.97. The van der Waals surface area contributed by atoms with Gasteiger partial charge in [-0.15, -0.1) is 0 Å². The van der Waals surface area contributed by atoms with Gasteiger partial charge in [0.05, 0.1) is 24.4 Å². The van der Waals surface area contributed by atoms with Crippen LogP contribution < -0.4 is 5.32 Å². The maximum atomic E-state index is 4.42. The fraction of sp³-hybridized carbons (Fsp3) is 0.625. The Labute approximate surface area is 126 Å². The Kier molecular flexibility index (Phi) is 4.70. The molecule has 5 nitrogen and oxygen atoms in total. The van der Waals surface area contributed by atoms with Gasteiger partial charge in [-0.1, -0.05) is 6.92 Å². The minimum absolute atomic E-state index is 0.803. The van der Waals surface area contributed by atoms with Crippen LogP contribution in [0.15, 0.2) is 24.9 Å². The lowest BCUT2D eigenvalue weighted by molar-refractivity contribution is 0.342. The van der Waals surface area contributed by atoms with Gasteiger partial charge in [0.15, 0.2) is 0 Å². The average molecular weight is 287 g/mol. The summed E-state index contributed by atoms with van der Waals surface area (Å²) in [5.41, 5.74) is 2.35. The van der Waals surface area contributed by atoms with Crippen molar-refractivity contribution in [3.63, 3.8) is 0 Å². The maximum Gasteiger partial charge on any atom is 0.0950 e. The second kappa shape index (κ2) is 6.89. The molecule has 2 aromatic rings. The van der Waals surface area contributed by atoms with Crippen LogP contribution in [0.3, 0.4) is 0 Å². The van der Waals surface area contributed by atoms with Crippen molar-refractivity contribution in [2.75, 3.05) is 13.1 Å². The number of hydrogen-bond acceptors (Lipinski definition) is 3. The Bertz CT molecular complexity index is 551. The summed E-state index contributed by atoms with van der Waals surface area (Å²) in [5, 5.41) is 7.91. The minimum atomic E-state index is 0.803. The Balaban J connectivity index is 1.65. The van der Waals surface area contributed by atoms with Crippen molar-refractivity contribution in [2.24, 2.45) is 5.92 Å². The van der Waals surface area contributed by atoms with Crippen molar-refractivity contribution in [2.45, 2.75) is 45.7 Å². The van der Waals surface area contributed by atoms with E-state index in [1.54, 1.807) is 0 Å². The van der Waals surface area contributed by atoms with Crippen LogP contribution in [-0.2, 0) is 13.1 Å². The first kappa shape index (κ1) is 14.3. The Morgan fingerprint density at radius 1 is 1.33 bits per heavy atom. The predicted octanol–water partition coefficient (Wildman–Crippen LogP) is 2.55. The molecule has 1 aliphatic heterocycles. The molecule has 1 unspecified atom stereocenters. The van der Waals surface area contributed by atoms with Crippen LogP contribution in [0.2, 0.25) is 0 Å². The van der Waals surface area contributed by atoms with E-state index in [9.17, 15) is 0 Å². The van der Waals surface area contributed by atoms with E-state index in [1.807, 2.05) is 23.4 Å². The van der Waals surface area contributed by atoms with E-state index in [1.165, 1.54) is 43.6 Å². The number of aromatic nitrogens is 4. The largest absolute Gasteiger partial charge is 0.331 e. The van der Waals surface area contributed by atoms with Gasteiger partial charge in [-0.25, -0.2) is 4.98 Å². The van der Waals surface area contributed by atoms with E-state index in [-0.39, 0.29) is 0 Å². The molecule has 114 valence electrons. The standard InChI is InChI=1S/C16H25N5/c1-2-7-21-12-15(10-19-21)16-11-18-13-20(16)8-5-14-4-3-6-17-9-14/h10-14,17H,2-9H2,1H3. The van der Waals surface area contributed by atoms with Gasteiger partial charge in [0.25, 0.3) is 0 Å². The average Bonchev–Trinajstić information content (AvgIpc) is 3.15. The number of rotatable bonds is 6. The van der Waals surface area contributed by atoms with Crippen molar-refractivity contribution in [1.29, 1.82) is 0 Å². The third-order valence-electron chi connectivity index (χ3n) is 4.27. The summed E-state index contributed by atoms with van der Waals surface area (Å²) >= 11 is 0. The number of piperidine rings is 1. The monoisotopic (exact) mass is 287 g/mol. The van der Waals surface area contributed by atoms with Gasteiger partial charge < -0.3 is 9.88 Å². The van der Waals surface area contributed by atoms with Crippen LogP contribution in [0.25, 0.3) is 11.3 Å². The van der Waals surface area contributed by atoms with Gasteiger partial charge in [-0.2, -0.15) is 5.10 Å². The van der Waals surface area contributed by atoms with Crippen molar-refractivity contribution in [1.82, 2.24) is 24.6 Å². The lowest BCUT2D eigenvalue weighted by Gasteiger charge is -2.23. The third kappa shape index (κ3) is 3.53. The topological polar surface area (TPSA) is 47.7 Å². The fourth-order valence-corrected chi connectivity index (χ4v) is 3.08. The SMILES string of the molecule is CCCn1cc(-c2cncn2CCC2CCCNC2)cn1. The Morgan fingerprint density at radius 2 is 2.29 bits per heavy atom. The third-order valence-corrected chi connectivity index (χ3v) is 4.27. The minimum Gasteiger partial charge on any atom is -0.331 e. The molecule has 3 rings (SSSR count). The zero-order valence-corrected chi connectivity index (χ0v) is 12.8. The highest BCUT2D eigenvalue weighted by molar-refractivity contribution is 5.56. The molecular weight excluding hydrogens is 262 g/mol. The summed E-state index contributed by atoms with van der Waals surface area (Å²) in [6.45, 7) is 6.54. The van der Waals surface area contributed by atoms with E-state index >= 15 is 0 Å². The molecule has 2 aromatic heterocycles. The highest BCUT2D eigenvalue weighted by Crippen LogP contribution is 2.21. The van der Waals surface area contributed by atoms with Crippen LogP contribution in [0.5, 0.6) is 0 Å². The van der Waals surface area contributed by atoms with Gasteiger partial charge in [0.2, 0.25) is 0 Å². The molecule has 0 spiro atoms. The maximum absolute atomic E-state index is 4.42. The highest BCUT2D eigenvalue weighted by Gasteiger charge is 2.14. The molecule has 21 heavy (non-hydrogen) atoms. The van der Waals surface area contributed by atoms with Gasteiger partial charge >= 0.3 is 0 Å². The zero-order valence-electron chi connectivity index (χ0n) is 12.8. The first-order valence-corrected chi connectivity index (χ1v) is 8.10. The molecule has 0 amide bonds. The Morgan fingerprint density at radius 3 is 3.10 bits per heavy atom. The van der Waals surface area contributed by atoms with Crippen LogP contribution in [0.1, 0.15) is 32.6 Å². The van der Waals surface area contributed by atoms with Crippen LogP contribution in [-0.4, -0.2) is 32.4 Å². The number of aryl methyl sites for hydroxylation is 2. The van der Waals surface area contributed by atoms with Gasteiger partial charge in [0.1, 0.15) is 0 Å².